The number of aliphatic hydroxyl groups is 2. The Morgan fingerprint density at radius 3 is 2.07 bits per heavy atom. The lowest BCUT2D eigenvalue weighted by Gasteiger charge is -2.05. The SMILES string of the molecule is CC(=O)COCC(O)CO.O=C(O)O. The monoisotopic (exact) mass is 210 g/mol. The van der Waals surface area contributed by atoms with Crippen molar-refractivity contribution >= 4 is 11.9 Å². The van der Waals surface area contributed by atoms with E-state index in [9.17, 15) is 4.79 Å². The minimum Gasteiger partial charge on any atom is -0.450 e. The van der Waals surface area contributed by atoms with Crippen LogP contribution in [0.5, 0.6) is 0 Å². The third kappa shape index (κ3) is 22.4. The van der Waals surface area contributed by atoms with Crippen LogP contribution in [0.25, 0.3) is 0 Å². The van der Waals surface area contributed by atoms with Gasteiger partial charge >= 0.3 is 6.16 Å². The molecule has 7 heteroatoms. The van der Waals surface area contributed by atoms with Crippen molar-refractivity contribution in [3.05, 3.63) is 0 Å². The summed E-state index contributed by atoms with van der Waals surface area (Å²) in [4.78, 5) is 18.8. The molecule has 0 aliphatic rings. The highest BCUT2D eigenvalue weighted by Crippen LogP contribution is 1.83. The second-order valence-corrected chi connectivity index (χ2v) is 2.34. The zero-order valence-corrected chi connectivity index (χ0v) is 7.71. The molecule has 14 heavy (non-hydrogen) atoms. The number of carbonyl (C=O) groups excluding carboxylic acids is 1. The van der Waals surface area contributed by atoms with Crippen LogP contribution in [0.3, 0.4) is 0 Å². The van der Waals surface area contributed by atoms with E-state index in [1.54, 1.807) is 0 Å². The Hall–Kier alpha value is -1.18. The molecule has 0 aliphatic carbocycles. The number of hydrogen-bond donors (Lipinski definition) is 4. The van der Waals surface area contributed by atoms with Crippen molar-refractivity contribution in [1.29, 1.82) is 0 Å². The summed E-state index contributed by atoms with van der Waals surface area (Å²) in [5.74, 6) is -0.0925. The maximum Gasteiger partial charge on any atom is 0.503 e. The number of hydrogen-bond acceptors (Lipinski definition) is 5. The van der Waals surface area contributed by atoms with E-state index < -0.39 is 12.3 Å². The highest BCUT2D eigenvalue weighted by molar-refractivity contribution is 5.76. The highest BCUT2D eigenvalue weighted by Gasteiger charge is 2.01. The maximum atomic E-state index is 10.2. The van der Waals surface area contributed by atoms with Crippen molar-refractivity contribution in [3.8, 4) is 0 Å². The minimum absolute atomic E-state index is 0.00292. The molecule has 0 aromatic heterocycles. The average Bonchev–Trinajstić information content (AvgIpc) is 2.02. The van der Waals surface area contributed by atoms with Gasteiger partial charge in [-0.05, 0) is 6.92 Å². The fourth-order valence-corrected chi connectivity index (χ4v) is 0.391. The van der Waals surface area contributed by atoms with Gasteiger partial charge in [-0.2, -0.15) is 0 Å². The number of carboxylic acid groups (broad SMARTS) is 2. The zero-order valence-electron chi connectivity index (χ0n) is 7.71. The van der Waals surface area contributed by atoms with E-state index in [1.807, 2.05) is 0 Å². The molecule has 0 spiro atoms. The standard InChI is InChI=1S/C6H12O4.CH2O3/c1-5(8)3-10-4-6(9)2-7;2-1(3)4/h6-7,9H,2-4H2,1H3;(H2,2,3,4). The van der Waals surface area contributed by atoms with Gasteiger partial charge in [-0.3, -0.25) is 4.79 Å². The molecule has 0 fully saturated rings. The summed E-state index contributed by atoms with van der Waals surface area (Å²) in [6, 6.07) is 0. The number of aliphatic hydroxyl groups excluding tert-OH is 2. The van der Waals surface area contributed by atoms with Gasteiger partial charge in [-0.15, -0.1) is 0 Å². The van der Waals surface area contributed by atoms with E-state index in [2.05, 4.69) is 4.74 Å². The predicted molar refractivity (Wildman–Crippen MR) is 45.2 cm³/mol. The van der Waals surface area contributed by atoms with E-state index in [4.69, 9.17) is 25.2 Å². The van der Waals surface area contributed by atoms with Gasteiger partial charge in [0.05, 0.1) is 13.2 Å². The molecule has 0 aliphatic heterocycles. The first-order valence-corrected chi connectivity index (χ1v) is 3.68. The van der Waals surface area contributed by atoms with Gasteiger partial charge in [0, 0.05) is 0 Å². The Labute approximate surface area is 80.5 Å². The fraction of sp³-hybridized carbons (Fsp3) is 0.714. The first-order chi connectivity index (χ1) is 6.40. The lowest BCUT2D eigenvalue weighted by atomic mass is 10.4. The minimum atomic E-state index is -1.83. The van der Waals surface area contributed by atoms with Gasteiger partial charge in [0.1, 0.15) is 12.7 Å². The zero-order chi connectivity index (χ0) is 11.6. The van der Waals surface area contributed by atoms with Gasteiger partial charge in [-0.1, -0.05) is 0 Å². The number of ether oxygens (including phenoxy) is 1. The summed E-state index contributed by atoms with van der Waals surface area (Å²) in [5.41, 5.74) is 0. The second kappa shape index (κ2) is 9.90. The molecule has 0 aromatic carbocycles. The van der Waals surface area contributed by atoms with Gasteiger partial charge in [-0.25, -0.2) is 4.79 Å². The van der Waals surface area contributed by atoms with E-state index in [0.717, 1.165) is 0 Å². The van der Waals surface area contributed by atoms with Crippen LogP contribution in [0, 0.1) is 0 Å². The van der Waals surface area contributed by atoms with Crippen molar-refractivity contribution in [3.63, 3.8) is 0 Å². The number of Topliss-reactive ketones (excluding diaryl/α,β-unsaturated/α-hetero) is 1. The van der Waals surface area contributed by atoms with Gasteiger partial charge in [0.25, 0.3) is 0 Å². The lowest BCUT2D eigenvalue weighted by Crippen LogP contribution is -2.21. The Balaban J connectivity index is 0. The molecule has 0 aromatic rings. The topological polar surface area (TPSA) is 124 Å². The average molecular weight is 210 g/mol. The summed E-state index contributed by atoms with van der Waals surface area (Å²) in [6.07, 6.45) is -2.71. The number of carbonyl (C=O) groups is 2. The predicted octanol–water partition coefficient (Wildman–Crippen LogP) is -0.832. The Morgan fingerprint density at radius 2 is 1.79 bits per heavy atom. The number of ketones is 1. The van der Waals surface area contributed by atoms with Crippen molar-refractivity contribution in [2.24, 2.45) is 0 Å². The molecule has 1 atom stereocenters. The summed E-state index contributed by atoms with van der Waals surface area (Å²) in [6.45, 7) is 1.07. The molecule has 0 rings (SSSR count). The smallest absolute Gasteiger partial charge is 0.450 e. The molecular weight excluding hydrogens is 196 g/mol. The number of rotatable bonds is 5. The molecule has 0 radical (unpaired) electrons. The molecule has 1 unspecified atom stereocenters. The Bertz CT molecular complexity index is 163. The Morgan fingerprint density at radius 1 is 1.36 bits per heavy atom. The van der Waals surface area contributed by atoms with Crippen LogP contribution in [0.15, 0.2) is 0 Å². The van der Waals surface area contributed by atoms with Crippen LogP contribution in [0.2, 0.25) is 0 Å². The normalized spacial score (nSPS) is 11.1. The van der Waals surface area contributed by atoms with Gasteiger partial charge < -0.3 is 25.2 Å². The summed E-state index contributed by atoms with van der Waals surface area (Å²) in [7, 11) is 0. The molecule has 0 saturated carbocycles. The van der Waals surface area contributed by atoms with Crippen molar-refractivity contribution in [2.45, 2.75) is 13.0 Å². The molecule has 84 valence electrons. The van der Waals surface area contributed by atoms with Crippen LogP contribution < -0.4 is 0 Å². The van der Waals surface area contributed by atoms with Crippen LogP contribution in [-0.4, -0.2) is 58.3 Å². The van der Waals surface area contributed by atoms with Crippen molar-refractivity contribution in [1.82, 2.24) is 0 Å². The van der Waals surface area contributed by atoms with E-state index in [0.29, 0.717) is 0 Å². The van der Waals surface area contributed by atoms with Crippen molar-refractivity contribution in [2.75, 3.05) is 19.8 Å². The third-order valence-electron chi connectivity index (χ3n) is 0.826. The van der Waals surface area contributed by atoms with Crippen LogP contribution in [0.1, 0.15) is 6.92 Å². The first-order valence-electron chi connectivity index (χ1n) is 3.68. The van der Waals surface area contributed by atoms with E-state index in [1.165, 1.54) is 6.92 Å². The quantitative estimate of drug-likeness (QED) is 0.466. The molecule has 0 heterocycles. The maximum absolute atomic E-state index is 10.2. The Kier molecular flexibility index (Phi) is 10.8. The molecular formula is C7H14O7. The van der Waals surface area contributed by atoms with Gasteiger partial charge in [0.2, 0.25) is 0 Å². The van der Waals surface area contributed by atoms with E-state index >= 15 is 0 Å². The first kappa shape index (κ1) is 15.3. The fourth-order valence-electron chi connectivity index (χ4n) is 0.391. The molecule has 0 amide bonds. The second-order valence-electron chi connectivity index (χ2n) is 2.34. The molecule has 7 nitrogen and oxygen atoms in total. The highest BCUT2D eigenvalue weighted by atomic mass is 16.6. The van der Waals surface area contributed by atoms with Gasteiger partial charge in [0.15, 0.2) is 5.78 Å². The van der Waals surface area contributed by atoms with Crippen LogP contribution >= 0.6 is 0 Å². The summed E-state index contributed by atoms with van der Waals surface area (Å²) < 4.78 is 4.69. The molecule has 0 saturated heterocycles. The van der Waals surface area contributed by atoms with Crippen LogP contribution in [0.4, 0.5) is 4.79 Å². The summed E-state index contributed by atoms with van der Waals surface area (Å²) >= 11 is 0. The molecule has 0 bridgehead atoms. The van der Waals surface area contributed by atoms with Crippen molar-refractivity contribution < 1.29 is 34.8 Å². The molecule has 4 N–H and O–H groups in total. The van der Waals surface area contributed by atoms with Crippen LogP contribution in [-0.2, 0) is 9.53 Å². The lowest BCUT2D eigenvalue weighted by molar-refractivity contribution is -0.122. The van der Waals surface area contributed by atoms with E-state index in [-0.39, 0.29) is 25.6 Å². The summed E-state index contributed by atoms with van der Waals surface area (Å²) in [5, 5.41) is 30.9. The largest absolute Gasteiger partial charge is 0.503 e. The third-order valence-corrected chi connectivity index (χ3v) is 0.826.